The second-order valence-electron chi connectivity index (χ2n) is 5.18. The van der Waals surface area contributed by atoms with Gasteiger partial charge < -0.3 is 4.74 Å². The second-order valence-corrected chi connectivity index (χ2v) is 5.18. The third-order valence-corrected chi connectivity index (χ3v) is 3.43. The predicted octanol–water partition coefficient (Wildman–Crippen LogP) is 5.46. The molecule has 0 aromatic heterocycles. The molecule has 0 saturated carbocycles. The molecule has 0 unspecified atom stereocenters. The van der Waals surface area contributed by atoms with Gasteiger partial charge in [0.15, 0.2) is 0 Å². The molecule has 25 heavy (non-hydrogen) atoms. The highest BCUT2D eigenvalue weighted by Gasteiger charge is 2.07. The molecular weight excluding hydrogens is 322 g/mol. The number of hydrogen-bond donors (Lipinski definition) is 0. The summed E-state index contributed by atoms with van der Waals surface area (Å²) in [5, 5.41) is 6.35. The molecule has 0 aliphatic carbocycles. The summed E-state index contributed by atoms with van der Waals surface area (Å²) in [5.74, 6) is 0.120. The van der Waals surface area contributed by atoms with E-state index in [0.29, 0.717) is 0 Å². The summed E-state index contributed by atoms with van der Waals surface area (Å²) in [5.41, 5.74) is 2.61. The number of alkyl halides is 2. The van der Waals surface area contributed by atoms with Crippen LogP contribution in [0.25, 0.3) is 0 Å². The van der Waals surface area contributed by atoms with Crippen LogP contribution in [0.3, 0.4) is 0 Å². The number of halogens is 2. The molecule has 0 fully saturated rings. The SMILES string of the molecule is FC(F)Oc1ccc(/C=N/N(c2ccccc2)c2ccccc2)cc1. The van der Waals surface area contributed by atoms with Crippen molar-refractivity contribution < 1.29 is 13.5 Å². The smallest absolute Gasteiger partial charge is 0.387 e. The van der Waals surface area contributed by atoms with Crippen LogP contribution in [0.4, 0.5) is 20.2 Å². The lowest BCUT2D eigenvalue weighted by molar-refractivity contribution is -0.0498. The van der Waals surface area contributed by atoms with Crippen molar-refractivity contribution >= 4 is 17.6 Å². The molecule has 0 aliphatic rings. The molecular formula is C20H16F2N2O. The molecule has 3 aromatic rings. The Morgan fingerprint density at radius 2 is 1.28 bits per heavy atom. The fraction of sp³-hybridized carbons (Fsp3) is 0.0500. The number of nitrogens with zero attached hydrogens (tertiary/aromatic N) is 2. The molecule has 5 heteroatoms. The van der Waals surface area contributed by atoms with Gasteiger partial charge in [0, 0.05) is 0 Å². The van der Waals surface area contributed by atoms with Crippen LogP contribution >= 0.6 is 0 Å². The Morgan fingerprint density at radius 1 is 0.760 bits per heavy atom. The van der Waals surface area contributed by atoms with Crippen LogP contribution in [0.1, 0.15) is 5.56 Å². The summed E-state index contributed by atoms with van der Waals surface area (Å²) in [7, 11) is 0. The predicted molar refractivity (Wildman–Crippen MR) is 95.7 cm³/mol. The summed E-state index contributed by atoms with van der Waals surface area (Å²) >= 11 is 0. The highest BCUT2D eigenvalue weighted by atomic mass is 19.3. The fourth-order valence-corrected chi connectivity index (χ4v) is 2.28. The minimum Gasteiger partial charge on any atom is -0.435 e. The molecule has 0 aliphatic heterocycles. The molecule has 0 saturated heterocycles. The lowest BCUT2D eigenvalue weighted by atomic mass is 10.2. The van der Waals surface area contributed by atoms with Gasteiger partial charge in [0.05, 0.1) is 17.6 Å². The van der Waals surface area contributed by atoms with Crippen molar-refractivity contribution in [3.05, 3.63) is 90.5 Å². The zero-order valence-electron chi connectivity index (χ0n) is 13.3. The monoisotopic (exact) mass is 338 g/mol. The van der Waals surface area contributed by atoms with E-state index in [-0.39, 0.29) is 5.75 Å². The third kappa shape index (κ3) is 4.64. The van der Waals surface area contributed by atoms with E-state index in [9.17, 15) is 8.78 Å². The second kappa shape index (κ2) is 8.06. The minimum atomic E-state index is -2.83. The van der Waals surface area contributed by atoms with Crippen molar-refractivity contribution in [2.75, 3.05) is 5.01 Å². The first-order valence-corrected chi connectivity index (χ1v) is 7.71. The first-order valence-electron chi connectivity index (χ1n) is 7.71. The Bertz CT molecular complexity index is 767. The first kappa shape index (κ1) is 16.6. The van der Waals surface area contributed by atoms with Crippen molar-refractivity contribution in [1.29, 1.82) is 0 Å². The van der Waals surface area contributed by atoms with Crippen molar-refractivity contribution in [2.24, 2.45) is 5.10 Å². The summed E-state index contributed by atoms with van der Waals surface area (Å²) in [6, 6.07) is 25.8. The highest BCUT2D eigenvalue weighted by Crippen LogP contribution is 2.25. The number of rotatable bonds is 6. The fourth-order valence-electron chi connectivity index (χ4n) is 2.28. The van der Waals surface area contributed by atoms with E-state index in [1.54, 1.807) is 18.3 Å². The molecule has 3 rings (SSSR count). The maximum Gasteiger partial charge on any atom is 0.387 e. The number of ether oxygens (including phenoxy) is 1. The van der Waals surface area contributed by atoms with Crippen molar-refractivity contribution in [2.45, 2.75) is 6.61 Å². The molecule has 0 amide bonds. The number of hydrazone groups is 1. The summed E-state index contributed by atoms with van der Waals surface area (Å²) in [6.07, 6.45) is 1.67. The third-order valence-electron chi connectivity index (χ3n) is 3.43. The lowest BCUT2D eigenvalue weighted by Gasteiger charge is -2.19. The van der Waals surface area contributed by atoms with Crippen molar-refractivity contribution in [3.8, 4) is 5.75 Å². The molecule has 0 N–H and O–H groups in total. The minimum absolute atomic E-state index is 0.120. The van der Waals surface area contributed by atoms with Crippen LogP contribution in [0.15, 0.2) is 90.0 Å². The number of hydrogen-bond acceptors (Lipinski definition) is 3. The molecule has 3 aromatic carbocycles. The standard InChI is InChI=1S/C20H16F2N2O/c21-20(22)25-19-13-11-16(12-14-19)15-23-24(17-7-3-1-4-8-17)18-9-5-2-6-10-18/h1-15,20H/b23-15+. The summed E-state index contributed by atoms with van der Waals surface area (Å²) < 4.78 is 28.7. The summed E-state index contributed by atoms with van der Waals surface area (Å²) in [4.78, 5) is 0. The van der Waals surface area contributed by atoms with Gasteiger partial charge in [-0.15, -0.1) is 0 Å². The van der Waals surface area contributed by atoms with Crippen molar-refractivity contribution in [1.82, 2.24) is 0 Å². The van der Waals surface area contributed by atoms with Crippen LogP contribution in [0.5, 0.6) is 5.75 Å². The molecule has 0 radical (unpaired) electrons. The normalized spacial score (nSPS) is 11.0. The zero-order chi connectivity index (χ0) is 17.5. The Morgan fingerprint density at radius 3 is 1.76 bits per heavy atom. The Labute approximate surface area is 144 Å². The van der Waals surface area contributed by atoms with Gasteiger partial charge in [0.25, 0.3) is 0 Å². The van der Waals surface area contributed by atoms with Gasteiger partial charge in [-0.25, -0.2) is 5.01 Å². The molecule has 3 nitrogen and oxygen atoms in total. The average molecular weight is 338 g/mol. The Balaban J connectivity index is 1.84. The van der Waals surface area contributed by atoms with Crippen molar-refractivity contribution in [3.63, 3.8) is 0 Å². The molecule has 0 heterocycles. The Hall–Kier alpha value is -3.21. The van der Waals surface area contributed by atoms with E-state index in [1.165, 1.54) is 12.1 Å². The first-order chi connectivity index (χ1) is 12.2. The van der Waals surface area contributed by atoms with Gasteiger partial charge in [0.1, 0.15) is 5.75 Å². The van der Waals surface area contributed by atoms with E-state index in [1.807, 2.05) is 65.7 Å². The topological polar surface area (TPSA) is 24.8 Å². The van der Waals surface area contributed by atoms with E-state index in [2.05, 4.69) is 9.84 Å². The largest absolute Gasteiger partial charge is 0.435 e. The number of anilines is 2. The van der Waals surface area contributed by atoms with Crippen LogP contribution in [0, 0.1) is 0 Å². The molecule has 0 spiro atoms. The van der Waals surface area contributed by atoms with Gasteiger partial charge in [-0.05, 0) is 54.1 Å². The lowest BCUT2D eigenvalue weighted by Crippen LogP contribution is -2.09. The van der Waals surface area contributed by atoms with Crippen LogP contribution < -0.4 is 9.75 Å². The number of para-hydroxylation sites is 2. The van der Waals surface area contributed by atoms with Gasteiger partial charge in [-0.3, -0.25) is 0 Å². The number of benzene rings is 3. The van der Waals surface area contributed by atoms with Gasteiger partial charge in [-0.1, -0.05) is 36.4 Å². The maximum atomic E-state index is 12.2. The quantitative estimate of drug-likeness (QED) is 0.440. The van der Waals surface area contributed by atoms with Crippen LogP contribution in [-0.4, -0.2) is 12.8 Å². The molecule has 126 valence electrons. The van der Waals surface area contributed by atoms with E-state index >= 15 is 0 Å². The molecule has 0 atom stereocenters. The van der Waals surface area contributed by atoms with E-state index < -0.39 is 6.61 Å². The van der Waals surface area contributed by atoms with Gasteiger partial charge >= 0.3 is 6.61 Å². The zero-order valence-corrected chi connectivity index (χ0v) is 13.3. The maximum absolute atomic E-state index is 12.2. The van der Waals surface area contributed by atoms with E-state index in [0.717, 1.165) is 16.9 Å². The van der Waals surface area contributed by atoms with Gasteiger partial charge in [-0.2, -0.15) is 13.9 Å². The van der Waals surface area contributed by atoms with Crippen LogP contribution in [0.2, 0.25) is 0 Å². The van der Waals surface area contributed by atoms with Gasteiger partial charge in [0.2, 0.25) is 0 Å². The molecule has 0 bridgehead atoms. The average Bonchev–Trinajstić information content (AvgIpc) is 2.65. The van der Waals surface area contributed by atoms with Crippen LogP contribution in [-0.2, 0) is 0 Å². The van der Waals surface area contributed by atoms with E-state index in [4.69, 9.17) is 0 Å². The summed E-state index contributed by atoms with van der Waals surface area (Å²) in [6.45, 7) is -2.83. The highest BCUT2D eigenvalue weighted by molar-refractivity contribution is 5.81. The Kier molecular flexibility index (Phi) is 5.36.